The fraction of sp³-hybridized carbons (Fsp3) is 0.250. The number of hydrogen-bond donors (Lipinski definition) is 2. The lowest BCUT2D eigenvalue weighted by molar-refractivity contribution is 0.0693. The van der Waals surface area contributed by atoms with Gasteiger partial charge < -0.3 is 18.8 Å². The largest absolute Gasteiger partial charge is 0.507 e. The molecule has 1 fully saturated rings. The van der Waals surface area contributed by atoms with Gasteiger partial charge in [-0.3, -0.25) is 4.79 Å². The van der Waals surface area contributed by atoms with Crippen molar-refractivity contribution in [2.45, 2.75) is 56.8 Å². The maximum Gasteiger partial charge on any atom is 0.339 e. The average molecular weight is 654 g/mol. The quantitative estimate of drug-likeness (QED) is 0.142. The number of hydrogen-bond acceptors (Lipinski definition) is 7. The van der Waals surface area contributed by atoms with Gasteiger partial charge in [-0.2, -0.15) is 8.42 Å². The molecule has 1 heterocycles. The second-order valence-electron chi connectivity index (χ2n) is 10.5. The highest BCUT2D eigenvalue weighted by Gasteiger charge is 2.29. The third kappa shape index (κ3) is 6.00. The van der Waals surface area contributed by atoms with Crippen LogP contribution < -0.4 is 4.18 Å². The number of ketones is 1. The molecule has 0 atom stereocenters. The number of aryl methyl sites for hydroxylation is 1. The maximum atomic E-state index is 14.0. The van der Waals surface area contributed by atoms with Gasteiger partial charge in [-0.1, -0.05) is 40.9 Å². The zero-order valence-corrected chi connectivity index (χ0v) is 25.4. The molecule has 1 saturated carbocycles. The fourth-order valence-electron chi connectivity index (χ4n) is 5.39. The van der Waals surface area contributed by atoms with Crippen LogP contribution in [0.4, 0.5) is 0 Å². The lowest BCUT2D eigenvalue weighted by Crippen LogP contribution is -2.13. The number of carbonyl (C=O) groups is 2. The molecular weight excluding hydrogens is 624 g/mol. The first-order valence-corrected chi connectivity index (χ1v) is 15.7. The van der Waals surface area contributed by atoms with Crippen molar-refractivity contribution in [3.8, 4) is 11.5 Å². The van der Waals surface area contributed by atoms with Crippen molar-refractivity contribution in [2.75, 3.05) is 0 Å². The number of carboxylic acids is 1. The first-order valence-electron chi connectivity index (χ1n) is 13.5. The van der Waals surface area contributed by atoms with E-state index < -0.39 is 27.4 Å². The van der Waals surface area contributed by atoms with Crippen molar-refractivity contribution in [3.05, 3.63) is 110 Å². The molecule has 1 aliphatic rings. The van der Waals surface area contributed by atoms with E-state index in [-0.39, 0.29) is 22.3 Å². The predicted molar refractivity (Wildman–Crippen MR) is 159 cm³/mol. The molecule has 0 unspecified atom stereocenters. The molecule has 4 aromatic rings. The average Bonchev–Trinajstić information content (AvgIpc) is 3.57. The molecule has 218 valence electrons. The lowest BCUT2D eigenvalue weighted by Gasteiger charge is -2.17. The van der Waals surface area contributed by atoms with Crippen molar-refractivity contribution >= 4 is 37.8 Å². The van der Waals surface area contributed by atoms with Crippen molar-refractivity contribution < 1.29 is 36.8 Å². The van der Waals surface area contributed by atoms with Crippen LogP contribution in [0.2, 0.25) is 0 Å². The van der Waals surface area contributed by atoms with Gasteiger partial charge >= 0.3 is 16.1 Å². The monoisotopic (exact) mass is 652 g/mol. The van der Waals surface area contributed by atoms with Gasteiger partial charge in [-0.15, -0.1) is 0 Å². The summed E-state index contributed by atoms with van der Waals surface area (Å²) in [5, 5.41) is 19.2. The van der Waals surface area contributed by atoms with Gasteiger partial charge in [0.15, 0.2) is 5.78 Å². The summed E-state index contributed by atoms with van der Waals surface area (Å²) < 4.78 is 38.9. The van der Waals surface area contributed by atoms with Crippen LogP contribution in [0.3, 0.4) is 0 Å². The summed E-state index contributed by atoms with van der Waals surface area (Å²) in [5.41, 5.74) is 2.81. The molecule has 8 nitrogen and oxygen atoms in total. The molecule has 2 N–H and O–H groups in total. The number of phenols is 1. The fourth-order valence-corrected chi connectivity index (χ4v) is 6.63. The van der Waals surface area contributed by atoms with Gasteiger partial charge in [0.05, 0.1) is 5.56 Å². The Morgan fingerprint density at radius 1 is 1.00 bits per heavy atom. The van der Waals surface area contributed by atoms with Crippen LogP contribution in [0, 0.1) is 13.8 Å². The highest BCUT2D eigenvalue weighted by atomic mass is 79.9. The molecule has 10 heteroatoms. The summed E-state index contributed by atoms with van der Waals surface area (Å²) in [6, 6.07) is 15.5. The topological polar surface area (TPSA) is 131 Å². The Morgan fingerprint density at radius 2 is 1.69 bits per heavy atom. The van der Waals surface area contributed by atoms with Gasteiger partial charge in [0, 0.05) is 28.1 Å². The number of furan rings is 1. The molecule has 0 radical (unpaired) electrons. The van der Waals surface area contributed by atoms with E-state index in [2.05, 4.69) is 15.9 Å². The van der Waals surface area contributed by atoms with Crippen molar-refractivity contribution in [3.63, 3.8) is 0 Å². The molecule has 1 aliphatic carbocycles. The first-order chi connectivity index (χ1) is 19.9. The van der Waals surface area contributed by atoms with Crippen molar-refractivity contribution in [1.82, 2.24) is 0 Å². The summed E-state index contributed by atoms with van der Waals surface area (Å²) in [4.78, 5) is 24.8. The Morgan fingerprint density at radius 3 is 2.33 bits per heavy atom. The summed E-state index contributed by atoms with van der Waals surface area (Å²) in [6.07, 6.45) is 4.01. The van der Waals surface area contributed by atoms with Crippen LogP contribution in [0.25, 0.3) is 0 Å². The summed E-state index contributed by atoms with van der Waals surface area (Å²) in [6.45, 7) is 3.67. The van der Waals surface area contributed by atoms with E-state index in [1.807, 2.05) is 38.1 Å². The number of aromatic carboxylic acids is 1. The van der Waals surface area contributed by atoms with Crippen LogP contribution >= 0.6 is 15.9 Å². The molecule has 0 aliphatic heterocycles. The first kappa shape index (κ1) is 29.6. The van der Waals surface area contributed by atoms with Crippen LogP contribution in [-0.2, 0) is 16.5 Å². The molecule has 1 aromatic heterocycles. The third-order valence-electron chi connectivity index (χ3n) is 7.72. The number of halogens is 1. The Kier molecular flexibility index (Phi) is 8.30. The minimum atomic E-state index is -4.42. The Balaban J connectivity index is 1.50. The molecule has 0 saturated heterocycles. The van der Waals surface area contributed by atoms with Gasteiger partial charge in [0.1, 0.15) is 33.5 Å². The summed E-state index contributed by atoms with van der Waals surface area (Å²) in [5.74, 6) is -0.982. The normalized spacial score (nSPS) is 13.8. The van der Waals surface area contributed by atoms with E-state index >= 15 is 0 Å². The van der Waals surface area contributed by atoms with E-state index in [4.69, 9.17) is 13.7 Å². The van der Waals surface area contributed by atoms with Gasteiger partial charge in [0.25, 0.3) is 0 Å². The smallest absolute Gasteiger partial charge is 0.339 e. The number of rotatable bonds is 9. The zero-order valence-electron chi connectivity index (χ0n) is 23.0. The SMILES string of the molecule is Cc1oc(Cc2ccc(Br)cc2)c(C(=O)c2ccc(OS(=O)(=O)c3ccc(C(=O)O)c(O)c3)c(C3CCCC3)c2)c1C. The van der Waals surface area contributed by atoms with Crippen LogP contribution in [0.5, 0.6) is 11.5 Å². The van der Waals surface area contributed by atoms with Crippen LogP contribution in [0.15, 0.2) is 74.4 Å². The minimum absolute atomic E-state index is 0.000146. The minimum Gasteiger partial charge on any atom is -0.507 e. The molecular formula is C32H29BrO8S. The van der Waals surface area contributed by atoms with E-state index in [1.54, 1.807) is 12.1 Å². The van der Waals surface area contributed by atoms with Crippen molar-refractivity contribution in [1.29, 1.82) is 0 Å². The number of aromatic hydroxyl groups is 1. The van der Waals surface area contributed by atoms with E-state index in [0.717, 1.165) is 59.5 Å². The van der Waals surface area contributed by atoms with E-state index in [9.17, 15) is 23.1 Å². The Hall–Kier alpha value is -3.89. The molecule has 0 amide bonds. The standard InChI is InChI=1S/C32H29BrO8S/c1-18-19(2)40-29(15-20-7-10-23(33)11-8-20)30(18)31(35)22-9-14-28(26(16-22)21-5-3-4-6-21)41-42(38,39)24-12-13-25(32(36)37)27(34)17-24/h7-14,16-17,21,34H,3-6,15H2,1-2H3,(H,36,37). The Bertz CT molecular complexity index is 1780. The molecule has 42 heavy (non-hydrogen) atoms. The third-order valence-corrected chi connectivity index (χ3v) is 9.48. The van der Waals surface area contributed by atoms with Crippen LogP contribution in [0.1, 0.15) is 86.1 Å². The molecule has 5 rings (SSSR count). The summed E-state index contributed by atoms with van der Waals surface area (Å²) >= 11 is 3.44. The summed E-state index contributed by atoms with van der Waals surface area (Å²) in [7, 11) is -4.42. The predicted octanol–water partition coefficient (Wildman–Crippen LogP) is 7.31. The zero-order chi connectivity index (χ0) is 30.2. The van der Waals surface area contributed by atoms with Gasteiger partial charge in [-0.25, -0.2) is 4.79 Å². The molecule has 3 aromatic carbocycles. The molecule has 0 bridgehead atoms. The second kappa shape index (κ2) is 11.8. The highest BCUT2D eigenvalue weighted by Crippen LogP contribution is 2.41. The van der Waals surface area contributed by atoms with E-state index in [1.165, 1.54) is 6.07 Å². The van der Waals surface area contributed by atoms with E-state index in [0.29, 0.717) is 34.6 Å². The number of carbonyl (C=O) groups excluding carboxylic acids is 1. The Labute approximate surface area is 252 Å². The second-order valence-corrected chi connectivity index (χ2v) is 12.9. The van der Waals surface area contributed by atoms with Gasteiger partial charge in [-0.05, 0) is 86.2 Å². The highest BCUT2D eigenvalue weighted by molar-refractivity contribution is 9.10. The number of benzene rings is 3. The van der Waals surface area contributed by atoms with Crippen LogP contribution in [-0.4, -0.2) is 30.4 Å². The van der Waals surface area contributed by atoms with Gasteiger partial charge in [0.2, 0.25) is 0 Å². The van der Waals surface area contributed by atoms with Crippen molar-refractivity contribution in [2.24, 2.45) is 0 Å². The lowest BCUT2D eigenvalue weighted by atomic mass is 9.91. The number of carboxylic acid groups (broad SMARTS) is 1. The molecule has 0 spiro atoms. The maximum absolute atomic E-state index is 14.0.